The van der Waals surface area contributed by atoms with Gasteiger partial charge in [-0.15, -0.1) is 11.8 Å². The molecule has 2 heterocycles. The fourth-order valence-electron chi connectivity index (χ4n) is 1.77. The zero-order valence-corrected chi connectivity index (χ0v) is 11.1. The zero-order valence-electron chi connectivity index (χ0n) is 9.48. The molecule has 0 aliphatic carbocycles. The maximum atomic E-state index is 4.47. The minimum Gasteiger partial charge on any atom is -0.316 e. The van der Waals surface area contributed by atoms with E-state index in [-0.39, 0.29) is 0 Å². The molecule has 1 saturated heterocycles. The molecular weight excluding hydrogens is 238 g/mol. The van der Waals surface area contributed by atoms with Crippen LogP contribution in [0.25, 0.3) is 0 Å². The Morgan fingerprint density at radius 3 is 3.25 bits per heavy atom. The highest BCUT2D eigenvalue weighted by atomic mass is 32.2. The number of nitrogens with zero attached hydrogens (tertiary/aromatic N) is 2. The van der Waals surface area contributed by atoms with Crippen LogP contribution >= 0.6 is 23.5 Å². The van der Waals surface area contributed by atoms with Gasteiger partial charge in [0.15, 0.2) is 5.16 Å². The van der Waals surface area contributed by atoms with E-state index in [0.717, 1.165) is 28.4 Å². The summed E-state index contributed by atoms with van der Waals surface area (Å²) >= 11 is 3.45. The van der Waals surface area contributed by atoms with E-state index >= 15 is 0 Å². The molecule has 1 fully saturated rings. The molecule has 3 nitrogen and oxygen atoms in total. The first kappa shape index (κ1) is 12.2. The molecule has 1 aromatic rings. The maximum Gasteiger partial charge on any atom is 0.188 e. The molecule has 1 aromatic heterocycles. The first-order valence-corrected chi connectivity index (χ1v) is 7.80. The molecule has 1 aliphatic heterocycles. The molecule has 1 N–H and O–H groups in total. The molecule has 1 aliphatic rings. The maximum absolute atomic E-state index is 4.47. The Morgan fingerprint density at radius 2 is 2.50 bits per heavy atom. The smallest absolute Gasteiger partial charge is 0.188 e. The SMILES string of the molecule is CSc1nccc(SC[C@@H]2CCCNC2)n1. The normalized spacial score (nSPS) is 20.9. The van der Waals surface area contributed by atoms with Crippen LogP contribution in [0.5, 0.6) is 0 Å². The van der Waals surface area contributed by atoms with Gasteiger partial charge < -0.3 is 5.32 Å². The van der Waals surface area contributed by atoms with Gasteiger partial charge in [0.25, 0.3) is 0 Å². The summed E-state index contributed by atoms with van der Waals surface area (Å²) in [4.78, 5) is 8.65. The molecule has 1 atom stereocenters. The molecule has 0 bridgehead atoms. The van der Waals surface area contributed by atoms with Gasteiger partial charge in [-0.2, -0.15) is 0 Å². The highest BCUT2D eigenvalue weighted by Gasteiger charge is 2.13. The van der Waals surface area contributed by atoms with Crippen LogP contribution in [0.3, 0.4) is 0 Å². The molecule has 0 saturated carbocycles. The molecule has 88 valence electrons. The Kier molecular flexibility index (Phi) is 4.93. The van der Waals surface area contributed by atoms with Crippen molar-refractivity contribution in [2.45, 2.75) is 23.0 Å². The third-order valence-corrected chi connectivity index (χ3v) is 4.38. The summed E-state index contributed by atoms with van der Waals surface area (Å²) in [5.41, 5.74) is 0. The van der Waals surface area contributed by atoms with E-state index in [1.165, 1.54) is 19.4 Å². The van der Waals surface area contributed by atoms with Crippen LogP contribution in [0.15, 0.2) is 22.4 Å². The summed E-state index contributed by atoms with van der Waals surface area (Å²) in [5, 5.41) is 5.41. The first-order valence-electron chi connectivity index (χ1n) is 5.59. The van der Waals surface area contributed by atoms with Gasteiger partial charge in [0.05, 0.1) is 0 Å². The van der Waals surface area contributed by atoms with E-state index in [1.54, 1.807) is 11.8 Å². The summed E-state index contributed by atoms with van der Waals surface area (Å²) < 4.78 is 0. The van der Waals surface area contributed by atoms with Crippen LogP contribution < -0.4 is 5.32 Å². The Morgan fingerprint density at radius 1 is 1.56 bits per heavy atom. The van der Waals surface area contributed by atoms with Crippen LogP contribution in [-0.2, 0) is 0 Å². The average molecular weight is 255 g/mol. The molecule has 16 heavy (non-hydrogen) atoms. The van der Waals surface area contributed by atoms with Gasteiger partial charge in [-0.1, -0.05) is 11.8 Å². The van der Waals surface area contributed by atoms with Gasteiger partial charge in [0.2, 0.25) is 0 Å². The van der Waals surface area contributed by atoms with Crippen molar-refractivity contribution in [3.8, 4) is 0 Å². The van der Waals surface area contributed by atoms with Crippen molar-refractivity contribution in [2.75, 3.05) is 25.1 Å². The molecule has 0 aromatic carbocycles. The van der Waals surface area contributed by atoms with Crippen molar-refractivity contribution in [1.82, 2.24) is 15.3 Å². The molecule has 0 spiro atoms. The van der Waals surface area contributed by atoms with Crippen molar-refractivity contribution < 1.29 is 0 Å². The lowest BCUT2D eigenvalue weighted by atomic mass is 10.0. The monoisotopic (exact) mass is 255 g/mol. The van der Waals surface area contributed by atoms with Gasteiger partial charge in [0, 0.05) is 11.9 Å². The van der Waals surface area contributed by atoms with E-state index in [9.17, 15) is 0 Å². The predicted molar refractivity (Wildman–Crippen MR) is 70.1 cm³/mol. The lowest BCUT2D eigenvalue weighted by Gasteiger charge is -2.21. The number of hydrogen-bond donors (Lipinski definition) is 1. The minimum absolute atomic E-state index is 0.798. The van der Waals surface area contributed by atoms with Crippen molar-refractivity contribution in [3.05, 3.63) is 12.3 Å². The molecule has 2 rings (SSSR count). The predicted octanol–water partition coefficient (Wildman–Crippen LogP) is 2.29. The Bertz CT molecular complexity index is 327. The van der Waals surface area contributed by atoms with Crippen LogP contribution in [-0.4, -0.2) is 35.1 Å². The molecule has 0 unspecified atom stereocenters. The highest BCUT2D eigenvalue weighted by molar-refractivity contribution is 7.99. The van der Waals surface area contributed by atoms with Crippen LogP contribution in [0.1, 0.15) is 12.8 Å². The lowest BCUT2D eigenvalue weighted by Crippen LogP contribution is -2.30. The summed E-state index contributed by atoms with van der Waals surface area (Å²) in [7, 11) is 0. The van der Waals surface area contributed by atoms with Crippen molar-refractivity contribution in [1.29, 1.82) is 0 Å². The zero-order chi connectivity index (χ0) is 11.2. The number of aromatic nitrogens is 2. The van der Waals surface area contributed by atoms with E-state index in [2.05, 4.69) is 15.3 Å². The molecule has 5 heteroatoms. The Labute approximate surface area is 105 Å². The number of nitrogens with one attached hydrogen (secondary N) is 1. The lowest BCUT2D eigenvalue weighted by molar-refractivity contribution is 0.410. The fraction of sp³-hybridized carbons (Fsp3) is 0.636. The third-order valence-electron chi connectivity index (χ3n) is 2.66. The third kappa shape index (κ3) is 3.64. The van der Waals surface area contributed by atoms with Crippen molar-refractivity contribution >= 4 is 23.5 Å². The van der Waals surface area contributed by atoms with Gasteiger partial charge in [-0.05, 0) is 44.2 Å². The number of piperidine rings is 1. The topological polar surface area (TPSA) is 37.8 Å². The number of rotatable bonds is 4. The van der Waals surface area contributed by atoms with Gasteiger partial charge in [-0.3, -0.25) is 0 Å². The van der Waals surface area contributed by atoms with Crippen LogP contribution in [0.4, 0.5) is 0 Å². The fourth-order valence-corrected chi connectivity index (χ4v) is 3.19. The Hall–Kier alpha value is -0.260. The van der Waals surface area contributed by atoms with Gasteiger partial charge in [0.1, 0.15) is 5.03 Å². The number of thioether (sulfide) groups is 2. The minimum atomic E-state index is 0.798. The second-order valence-electron chi connectivity index (χ2n) is 3.90. The van der Waals surface area contributed by atoms with Gasteiger partial charge in [-0.25, -0.2) is 9.97 Å². The quantitative estimate of drug-likeness (QED) is 0.507. The summed E-state index contributed by atoms with van der Waals surface area (Å²) in [6.45, 7) is 2.35. The Balaban J connectivity index is 1.83. The largest absolute Gasteiger partial charge is 0.316 e. The van der Waals surface area contributed by atoms with Gasteiger partial charge >= 0.3 is 0 Å². The molecule has 0 radical (unpaired) electrons. The second kappa shape index (κ2) is 6.47. The van der Waals surface area contributed by atoms with E-state index in [0.29, 0.717) is 0 Å². The van der Waals surface area contributed by atoms with Crippen LogP contribution in [0.2, 0.25) is 0 Å². The van der Waals surface area contributed by atoms with E-state index in [1.807, 2.05) is 30.3 Å². The second-order valence-corrected chi connectivity index (χ2v) is 5.72. The molecular formula is C11H17N3S2. The average Bonchev–Trinajstić information content (AvgIpc) is 2.38. The van der Waals surface area contributed by atoms with E-state index in [4.69, 9.17) is 0 Å². The van der Waals surface area contributed by atoms with Crippen LogP contribution in [0, 0.1) is 5.92 Å². The van der Waals surface area contributed by atoms with Crippen molar-refractivity contribution in [2.24, 2.45) is 5.92 Å². The number of hydrogen-bond acceptors (Lipinski definition) is 5. The highest BCUT2D eigenvalue weighted by Crippen LogP contribution is 2.23. The summed E-state index contributed by atoms with van der Waals surface area (Å²) in [6, 6.07) is 2.00. The standard InChI is InChI=1S/C11H17N3S2/c1-15-11-13-6-4-10(14-11)16-8-9-3-2-5-12-7-9/h4,6,9,12H,2-3,5,7-8H2,1H3/t9-/m1/s1. The first-order chi connectivity index (χ1) is 7.88. The molecule has 0 amide bonds. The van der Waals surface area contributed by atoms with Crippen molar-refractivity contribution in [3.63, 3.8) is 0 Å². The van der Waals surface area contributed by atoms with E-state index < -0.39 is 0 Å². The summed E-state index contributed by atoms with van der Waals surface area (Å²) in [6.07, 6.45) is 6.51. The summed E-state index contributed by atoms with van der Waals surface area (Å²) in [5.74, 6) is 1.96.